The lowest BCUT2D eigenvalue weighted by atomic mass is 10.0. The number of nitrogens with zero attached hydrogens (tertiary/aromatic N) is 1. The van der Waals surface area contributed by atoms with Crippen molar-refractivity contribution >= 4 is 23.5 Å². The zero-order valence-electron chi connectivity index (χ0n) is 15.9. The molecule has 148 valence electrons. The van der Waals surface area contributed by atoms with Crippen LogP contribution in [0.3, 0.4) is 0 Å². The molecule has 0 heterocycles. The normalized spacial score (nSPS) is 12.8. The number of benzene rings is 1. The summed E-state index contributed by atoms with van der Waals surface area (Å²) in [6, 6.07) is 3.92. The van der Waals surface area contributed by atoms with Gasteiger partial charge in [0.1, 0.15) is 12.1 Å². The Kier molecular flexibility index (Phi) is 8.37. The van der Waals surface area contributed by atoms with Gasteiger partial charge in [-0.05, 0) is 17.9 Å². The van der Waals surface area contributed by atoms with Gasteiger partial charge in [0.05, 0.1) is 12.0 Å². The van der Waals surface area contributed by atoms with E-state index in [0.29, 0.717) is 12.0 Å². The van der Waals surface area contributed by atoms with E-state index in [1.807, 2.05) is 13.8 Å². The molecule has 27 heavy (non-hydrogen) atoms. The Morgan fingerprint density at radius 2 is 1.70 bits per heavy atom. The summed E-state index contributed by atoms with van der Waals surface area (Å²) in [5, 5.41) is 15.9. The molecule has 2 amide bonds. The number of esters is 1. The zero-order chi connectivity index (χ0) is 20.6. The van der Waals surface area contributed by atoms with Crippen LogP contribution in [0.25, 0.3) is 0 Å². The molecule has 0 spiro atoms. The van der Waals surface area contributed by atoms with Crippen LogP contribution in [-0.4, -0.2) is 41.9 Å². The summed E-state index contributed by atoms with van der Waals surface area (Å²) in [6.45, 7) is 5.14. The molecule has 2 atom stereocenters. The highest BCUT2D eigenvalue weighted by atomic mass is 16.6. The Labute approximate surface area is 157 Å². The lowest BCUT2D eigenvalue weighted by Crippen LogP contribution is -2.52. The van der Waals surface area contributed by atoms with Crippen molar-refractivity contribution in [2.45, 2.75) is 45.7 Å². The Bertz CT molecular complexity index is 687. The summed E-state index contributed by atoms with van der Waals surface area (Å²) in [7, 11) is 1.21. The summed E-state index contributed by atoms with van der Waals surface area (Å²) < 4.78 is 4.74. The third kappa shape index (κ3) is 7.43. The molecule has 9 nitrogen and oxygen atoms in total. The first kappa shape index (κ1) is 22.1. The summed E-state index contributed by atoms with van der Waals surface area (Å²) in [4.78, 5) is 46.2. The molecule has 1 aromatic rings. The molecule has 0 saturated heterocycles. The molecule has 0 unspecified atom stereocenters. The maximum absolute atomic E-state index is 12.6. The zero-order valence-corrected chi connectivity index (χ0v) is 15.9. The van der Waals surface area contributed by atoms with Gasteiger partial charge in [-0.2, -0.15) is 0 Å². The van der Waals surface area contributed by atoms with Crippen molar-refractivity contribution in [2.24, 2.45) is 5.92 Å². The highest BCUT2D eigenvalue weighted by Crippen LogP contribution is 2.14. The quantitative estimate of drug-likeness (QED) is 0.379. The monoisotopic (exact) mass is 379 g/mol. The molecule has 0 aromatic heterocycles. The Balaban J connectivity index is 2.92. The number of amides is 2. The van der Waals surface area contributed by atoms with Crippen molar-refractivity contribution in [1.82, 2.24) is 10.6 Å². The summed E-state index contributed by atoms with van der Waals surface area (Å²) in [5.74, 6) is -1.33. The molecule has 0 saturated carbocycles. The fourth-order valence-electron chi connectivity index (χ4n) is 2.55. The first-order chi connectivity index (χ1) is 12.6. The summed E-state index contributed by atoms with van der Waals surface area (Å²) >= 11 is 0. The standard InChI is InChI=1S/C18H25N3O6/c1-11(2)9-15(19-12(3)22)17(23)20-16(18(24)27-4)10-13-5-7-14(8-6-13)21(25)26/h5-8,11,15-16H,9-10H2,1-4H3,(H,19,22)(H,20,23)/t15-,16+/m0/s1. The van der Waals surface area contributed by atoms with Crippen LogP contribution in [-0.2, 0) is 25.5 Å². The van der Waals surface area contributed by atoms with Gasteiger partial charge in [0.2, 0.25) is 11.8 Å². The number of ether oxygens (including phenoxy) is 1. The van der Waals surface area contributed by atoms with Gasteiger partial charge in [-0.1, -0.05) is 26.0 Å². The van der Waals surface area contributed by atoms with Crippen LogP contribution in [0.5, 0.6) is 0 Å². The van der Waals surface area contributed by atoms with Gasteiger partial charge in [0, 0.05) is 25.5 Å². The van der Waals surface area contributed by atoms with E-state index in [9.17, 15) is 24.5 Å². The van der Waals surface area contributed by atoms with Gasteiger partial charge in [-0.25, -0.2) is 4.79 Å². The number of nitro benzene ring substituents is 1. The van der Waals surface area contributed by atoms with E-state index in [1.165, 1.54) is 38.3 Å². The SMILES string of the molecule is COC(=O)[C@@H](Cc1ccc([N+](=O)[O-])cc1)NC(=O)[C@H](CC(C)C)NC(C)=O. The summed E-state index contributed by atoms with van der Waals surface area (Å²) in [6.07, 6.45) is 0.516. The molecule has 0 bridgehead atoms. The van der Waals surface area contributed by atoms with Gasteiger partial charge in [-0.15, -0.1) is 0 Å². The molecular weight excluding hydrogens is 354 g/mol. The molecule has 2 N–H and O–H groups in total. The molecule has 1 rings (SSSR count). The molecule has 0 aliphatic heterocycles. The third-order valence-corrected chi connectivity index (χ3v) is 3.79. The second kappa shape index (κ2) is 10.2. The Morgan fingerprint density at radius 1 is 1.11 bits per heavy atom. The van der Waals surface area contributed by atoms with E-state index >= 15 is 0 Å². The van der Waals surface area contributed by atoms with Crippen LogP contribution >= 0.6 is 0 Å². The van der Waals surface area contributed by atoms with E-state index in [4.69, 9.17) is 4.74 Å². The number of carbonyl (C=O) groups excluding carboxylic acids is 3. The van der Waals surface area contributed by atoms with E-state index in [0.717, 1.165) is 0 Å². The summed E-state index contributed by atoms with van der Waals surface area (Å²) in [5.41, 5.74) is 0.552. The number of hydrogen-bond acceptors (Lipinski definition) is 6. The topological polar surface area (TPSA) is 128 Å². The fourth-order valence-corrected chi connectivity index (χ4v) is 2.55. The van der Waals surface area contributed by atoms with E-state index in [2.05, 4.69) is 10.6 Å². The average Bonchev–Trinajstić information content (AvgIpc) is 2.59. The number of nitrogens with one attached hydrogen (secondary N) is 2. The van der Waals surface area contributed by atoms with Crippen LogP contribution in [0.1, 0.15) is 32.8 Å². The smallest absolute Gasteiger partial charge is 0.328 e. The first-order valence-electron chi connectivity index (χ1n) is 8.52. The number of methoxy groups -OCH3 is 1. The van der Waals surface area contributed by atoms with Crippen molar-refractivity contribution in [3.63, 3.8) is 0 Å². The number of non-ortho nitro benzene ring substituents is 1. The van der Waals surface area contributed by atoms with Crippen molar-refractivity contribution < 1.29 is 24.0 Å². The van der Waals surface area contributed by atoms with Crippen LogP contribution < -0.4 is 10.6 Å². The largest absolute Gasteiger partial charge is 0.467 e. The van der Waals surface area contributed by atoms with Gasteiger partial charge in [0.25, 0.3) is 5.69 Å². The van der Waals surface area contributed by atoms with Crippen molar-refractivity contribution in [1.29, 1.82) is 0 Å². The van der Waals surface area contributed by atoms with Crippen molar-refractivity contribution in [3.8, 4) is 0 Å². The van der Waals surface area contributed by atoms with E-state index in [-0.39, 0.29) is 23.9 Å². The van der Waals surface area contributed by atoms with Gasteiger partial charge in [0.15, 0.2) is 0 Å². The van der Waals surface area contributed by atoms with E-state index < -0.39 is 28.9 Å². The third-order valence-electron chi connectivity index (χ3n) is 3.79. The number of nitro groups is 1. The molecule has 0 radical (unpaired) electrons. The number of hydrogen-bond donors (Lipinski definition) is 2. The van der Waals surface area contributed by atoms with Crippen molar-refractivity contribution in [2.75, 3.05) is 7.11 Å². The minimum absolute atomic E-state index is 0.0694. The van der Waals surface area contributed by atoms with Crippen molar-refractivity contribution in [3.05, 3.63) is 39.9 Å². The van der Waals surface area contributed by atoms with Gasteiger partial charge < -0.3 is 15.4 Å². The average molecular weight is 379 g/mol. The minimum atomic E-state index is -0.979. The fraction of sp³-hybridized carbons (Fsp3) is 0.500. The lowest BCUT2D eigenvalue weighted by Gasteiger charge is -2.23. The number of carbonyl (C=O) groups is 3. The lowest BCUT2D eigenvalue weighted by molar-refractivity contribution is -0.384. The second-order valence-corrected chi connectivity index (χ2v) is 6.59. The Hall–Kier alpha value is -2.97. The highest BCUT2D eigenvalue weighted by molar-refractivity contribution is 5.90. The Morgan fingerprint density at radius 3 is 2.15 bits per heavy atom. The van der Waals surface area contributed by atoms with Crippen LogP contribution in [0.2, 0.25) is 0 Å². The second-order valence-electron chi connectivity index (χ2n) is 6.59. The van der Waals surface area contributed by atoms with Gasteiger partial charge >= 0.3 is 5.97 Å². The molecule has 0 aliphatic rings. The molecule has 0 fully saturated rings. The predicted molar refractivity (Wildman–Crippen MR) is 97.8 cm³/mol. The van der Waals surface area contributed by atoms with Crippen LogP contribution in [0, 0.1) is 16.0 Å². The first-order valence-corrected chi connectivity index (χ1v) is 8.52. The molecule has 1 aromatic carbocycles. The maximum Gasteiger partial charge on any atom is 0.328 e. The minimum Gasteiger partial charge on any atom is -0.467 e. The highest BCUT2D eigenvalue weighted by Gasteiger charge is 2.27. The number of rotatable bonds is 9. The van der Waals surface area contributed by atoms with E-state index in [1.54, 1.807) is 0 Å². The predicted octanol–water partition coefficient (Wildman–Crippen LogP) is 1.35. The van der Waals surface area contributed by atoms with Gasteiger partial charge in [-0.3, -0.25) is 19.7 Å². The molecule has 0 aliphatic carbocycles. The maximum atomic E-state index is 12.6. The molecule has 9 heteroatoms. The van der Waals surface area contributed by atoms with Crippen LogP contribution in [0.15, 0.2) is 24.3 Å². The van der Waals surface area contributed by atoms with Crippen LogP contribution in [0.4, 0.5) is 5.69 Å². The molecular formula is C18H25N3O6.